The van der Waals surface area contributed by atoms with Gasteiger partial charge in [-0.05, 0) is 16.6 Å². The molecule has 3 rings (SSSR count). The molecule has 12 nitrogen and oxygen atoms in total. The number of nitrogens with one attached hydrogen (secondary N) is 1. The summed E-state index contributed by atoms with van der Waals surface area (Å²) in [5.41, 5.74) is 0.807. The number of azo groups is 1. The zero-order valence-corrected chi connectivity index (χ0v) is 14.4. The van der Waals surface area contributed by atoms with E-state index in [0.29, 0.717) is 24.8 Å². The van der Waals surface area contributed by atoms with E-state index in [-0.39, 0.29) is 11.7 Å². The summed E-state index contributed by atoms with van der Waals surface area (Å²) < 4.78 is 4.81. The van der Waals surface area contributed by atoms with Crippen LogP contribution in [-0.4, -0.2) is 32.8 Å². The molecule has 0 unspecified atom stereocenters. The fourth-order valence-electron chi connectivity index (χ4n) is 2.37. The van der Waals surface area contributed by atoms with E-state index in [4.69, 9.17) is 16.0 Å². The van der Waals surface area contributed by atoms with Gasteiger partial charge < -0.3 is 24.7 Å². The van der Waals surface area contributed by atoms with E-state index < -0.39 is 21.6 Å². The molecule has 0 amide bonds. The maximum atomic E-state index is 11.4. The van der Waals surface area contributed by atoms with E-state index in [1.165, 1.54) is 6.07 Å². The van der Waals surface area contributed by atoms with E-state index in [1.807, 2.05) is 0 Å². The number of hydrogen-bond acceptors (Lipinski definition) is 10. The first-order valence-corrected chi connectivity index (χ1v) is 7.95. The predicted octanol–water partition coefficient (Wildman–Crippen LogP) is 2.83. The molecule has 0 aliphatic carbocycles. The van der Waals surface area contributed by atoms with Crippen molar-refractivity contribution in [1.82, 2.24) is 15.2 Å². The van der Waals surface area contributed by atoms with Gasteiger partial charge in [0.2, 0.25) is 5.82 Å². The lowest BCUT2D eigenvalue weighted by atomic mass is 10.2. The van der Waals surface area contributed by atoms with Gasteiger partial charge in [0.1, 0.15) is 10.1 Å². The van der Waals surface area contributed by atoms with Crippen molar-refractivity contribution in [2.75, 3.05) is 13.1 Å². The van der Waals surface area contributed by atoms with Crippen LogP contribution < -0.4 is 5.32 Å². The topological polar surface area (TPSA) is 152 Å². The van der Waals surface area contributed by atoms with Crippen molar-refractivity contribution in [3.63, 3.8) is 0 Å². The molecule has 0 saturated carbocycles. The van der Waals surface area contributed by atoms with Crippen molar-refractivity contribution in [3.8, 4) is 0 Å². The highest BCUT2D eigenvalue weighted by Gasteiger charge is 2.29. The van der Waals surface area contributed by atoms with Gasteiger partial charge in [-0.3, -0.25) is 10.1 Å². The highest BCUT2D eigenvalue weighted by Crippen LogP contribution is 2.25. The van der Waals surface area contributed by atoms with Crippen LogP contribution in [0.15, 0.2) is 56.7 Å². The van der Waals surface area contributed by atoms with Crippen LogP contribution in [-0.2, 0) is 6.54 Å². The Morgan fingerprint density at radius 1 is 1.33 bits per heavy atom. The number of furan rings is 1. The molecule has 0 aromatic carbocycles. The average molecular weight is 394 g/mol. The van der Waals surface area contributed by atoms with Crippen molar-refractivity contribution in [1.29, 1.82) is 0 Å². The fraction of sp³-hybridized carbons (Fsp3) is 0.214. The quantitative estimate of drug-likeness (QED) is 0.340. The molecule has 1 fully saturated rings. The normalized spacial score (nSPS) is 15.8. The van der Waals surface area contributed by atoms with E-state index in [1.54, 1.807) is 23.2 Å². The molecule has 0 bridgehead atoms. The van der Waals surface area contributed by atoms with Crippen LogP contribution in [0.5, 0.6) is 0 Å². The monoisotopic (exact) mass is 393 g/mol. The zero-order chi connectivity index (χ0) is 19.4. The second-order valence-electron chi connectivity index (χ2n) is 5.34. The number of halogens is 1. The fourth-order valence-corrected chi connectivity index (χ4v) is 2.48. The van der Waals surface area contributed by atoms with E-state index in [9.17, 15) is 20.2 Å². The molecule has 27 heavy (non-hydrogen) atoms. The van der Waals surface area contributed by atoms with Crippen LogP contribution in [0.25, 0.3) is 0 Å². The van der Waals surface area contributed by atoms with Gasteiger partial charge in [-0.2, -0.15) is 0 Å². The Labute approximate surface area is 156 Å². The number of pyridine rings is 1. The van der Waals surface area contributed by atoms with Crippen LogP contribution >= 0.6 is 11.6 Å². The molecule has 1 aliphatic rings. The Kier molecular flexibility index (Phi) is 5.26. The number of nitrogens with zero attached hydrogens (tertiary/aromatic N) is 6. The Balaban J connectivity index is 1.84. The molecule has 140 valence electrons. The van der Waals surface area contributed by atoms with Gasteiger partial charge in [0.05, 0.1) is 11.2 Å². The number of rotatable bonds is 6. The van der Waals surface area contributed by atoms with E-state index >= 15 is 0 Å². The second kappa shape index (κ2) is 7.78. The van der Waals surface area contributed by atoms with Gasteiger partial charge in [0.15, 0.2) is 0 Å². The molecule has 1 saturated heterocycles. The predicted molar refractivity (Wildman–Crippen MR) is 91.6 cm³/mol. The first-order valence-electron chi connectivity index (χ1n) is 7.58. The molecular weight excluding hydrogens is 382 g/mol. The summed E-state index contributed by atoms with van der Waals surface area (Å²) >= 11 is 5.76. The molecule has 13 heteroatoms. The van der Waals surface area contributed by atoms with Gasteiger partial charge in [0.25, 0.3) is 5.88 Å². The van der Waals surface area contributed by atoms with E-state index in [0.717, 1.165) is 11.6 Å². The summed E-state index contributed by atoms with van der Waals surface area (Å²) in [6.07, 6.45) is 1.58. The first-order chi connectivity index (χ1) is 12.9. The molecule has 0 atom stereocenters. The lowest BCUT2D eigenvalue weighted by molar-refractivity contribution is -0.429. The van der Waals surface area contributed by atoms with Crippen LogP contribution in [0.1, 0.15) is 5.56 Å². The number of hydrogen-bond donors (Lipinski definition) is 1. The maximum absolute atomic E-state index is 11.4. The smallest absolute Gasteiger partial charge is 0.378 e. The van der Waals surface area contributed by atoms with Crippen molar-refractivity contribution >= 4 is 23.4 Å². The molecule has 3 heterocycles. The second-order valence-corrected chi connectivity index (χ2v) is 5.72. The largest absolute Gasteiger partial charge is 0.435 e. The van der Waals surface area contributed by atoms with Gasteiger partial charge in [-0.25, -0.2) is 4.98 Å². The van der Waals surface area contributed by atoms with Gasteiger partial charge >= 0.3 is 11.7 Å². The molecule has 0 radical (unpaired) electrons. The van der Waals surface area contributed by atoms with Crippen LogP contribution in [0.3, 0.4) is 0 Å². The zero-order valence-electron chi connectivity index (χ0n) is 13.6. The molecule has 2 aromatic rings. The van der Waals surface area contributed by atoms with E-state index in [2.05, 4.69) is 20.5 Å². The molecule has 0 spiro atoms. The summed E-state index contributed by atoms with van der Waals surface area (Å²) in [5.74, 6) is -1.10. The minimum absolute atomic E-state index is 0.180. The average Bonchev–Trinajstić information content (AvgIpc) is 3.27. The first kappa shape index (κ1) is 18.3. The third kappa shape index (κ3) is 4.36. The van der Waals surface area contributed by atoms with Crippen LogP contribution in [0.4, 0.5) is 11.8 Å². The lowest BCUT2D eigenvalue weighted by Gasteiger charge is -2.17. The van der Waals surface area contributed by atoms with Crippen LogP contribution in [0, 0.1) is 20.2 Å². The Bertz CT molecular complexity index is 924. The number of nitro groups is 2. The third-order valence-electron chi connectivity index (χ3n) is 3.54. The Hall–Kier alpha value is -3.54. The SMILES string of the molecule is O=[N+]([O-])C(/N=N/c1ccc([N+](=O)[O-])o1)=C1\NCCN1Cc1ccc(Cl)nc1. The van der Waals surface area contributed by atoms with Crippen molar-refractivity contribution in [2.45, 2.75) is 6.54 Å². The molecule has 1 N–H and O–H groups in total. The molecule has 2 aromatic heterocycles. The summed E-state index contributed by atoms with van der Waals surface area (Å²) in [4.78, 5) is 26.3. The van der Waals surface area contributed by atoms with Crippen molar-refractivity contribution < 1.29 is 14.3 Å². The highest BCUT2D eigenvalue weighted by atomic mass is 35.5. The molecule has 1 aliphatic heterocycles. The van der Waals surface area contributed by atoms with Gasteiger partial charge in [0, 0.05) is 37.0 Å². The minimum Gasteiger partial charge on any atom is -0.378 e. The Morgan fingerprint density at radius 3 is 2.78 bits per heavy atom. The summed E-state index contributed by atoms with van der Waals surface area (Å²) in [7, 11) is 0. The maximum Gasteiger partial charge on any atom is 0.435 e. The standard InChI is InChI=1S/C14H12ClN7O5/c15-10-2-1-9(7-17-10)8-20-6-5-16-13(20)14(22(25)26)19-18-11-3-4-12(27-11)21(23)24/h1-4,7,16H,5-6,8H2/b14-13+,19-18+. The summed E-state index contributed by atoms with van der Waals surface area (Å²) in [5, 5.41) is 32.5. The molecular formula is C14H12ClN7O5. The summed E-state index contributed by atoms with van der Waals surface area (Å²) in [6.45, 7) is 1.35. The van der Waals surface area contributed by atoms with Crippen molar-refractivity contribution in [3.05, 3.63) is 73.0 Å². The van der Waals surface area contributed by atoms with Gasteiger partial charge in [-0.15, -0.1) is 0 Å². The van der Waals surface area contributed by atoms with Crippen molar-refractivity contribution in [2.24, 2.45) is 10.2 Å². The lowest BCUT2D eigenvalue weighted by Crippen LogP contribution is -2.23. The number of aromatic nitrogens is 1. The minimum atomic E-state index is -0.744. The highest BCUT2D eigenvalue weighted by molar-refractivity contribution is 6.29. The van der Waals surface area contributed by atoms with Gasteiger partial charge in [-0.1, -0.05) is 17.7 Å². The third-order valence-corrected chi connectivity index (χ3v) is 3.76. The van der Waals surface area contributed by atoms with Crippen LogP contribution in [0.2, 0.25) is 5.15 Å². The Morgan fingerprint density at radius 2 is 2.15 bits per heavy atom. The summed E-state index contributed by atoms with van der Waals surface area (Å²) in [6, 6.07) is 5.67.